The largest absolute Gasteiger partial charge is 0.490 e. The molecule has 1 N–H and O–H groups in total. The topological polar surface area (TPSA) is 43.0 Å². The molecule has 0 spiro atoms. The third kappa shape index (κ3) is 5.87. The Hall–Kier alpha value is -2.89. The summed E-state index contributed by atoms with van der Waals surface area (Å²) in [6.07, 6.45) is 0. The van der Waals surface area contributed by atoms with Crippen molar-refractivity contribution in [2.45, 2.75) is 20.1 Å². The Kier molecular flexibility index (Phi) is 7.75. The van der Waals surface area contributed by atoms with Crippen molar-refractivity contribution < 1.29 is 14.2 Å². The maximum absolute atomic E-state index is 6.21. The van der Waals surface area contributed by atoms with Gasteiger partial charge in [-0.15, -0.1) is 0 Å². The van der Waals surface area contributed by atoms with Gasteiger partial charge in [-0.25, -0.2) is 0 Å². The molecule has 1 fully saturated rings. The van der Waals surface area contributed by atoms with Gasteiger partial charge in [-0.2, -0.15) is 0 Å². The zero-order chi connectivity index (χ0) is 22.2. The number of rotatable bonds is 9. The van der Waals surface area contributed by atoms with Gasteiger partial charge in [0.2, 0.25) is 0 Å². The van der Waals surface area contributed by atoms with E-state index in [1.54, 1.807) is 0 Å². The van der Waals surface area contributed by atoms with E-state index in [1.165, 1.54) is 5.69 Å². The molecule has 0 saturated carbocycles. The Bertz CT molecular complexity index is 987. The van der Waals surface area contributed by atoms with Crippen LogP contribution < -0.4 is 19.7 Å². The lowest BCUT2D eigenvalue weighted by Gasteiger charge is -2.29. The first kappa shape index (κ1) is 22.3. The highest BCUT2D eigenvalue weighted by molar-refractivity contribution is 6.30. The zero-order valence-electron chi connectivity index (χ0n) is 18.4. The summed E-state index contributed by atoms with van der Waals surface area (Å²) in [6, 6.07) is 22.2. The lowest BCUT2D eigenvalue weighted by molar-refractivity contribution is 0.122. The number of anilines is 2. The SMILES string of the molecule is CCOc1cccc(CNc2ccc(N3CCOCC3)cc2)c1OCc1ccc(Cl)cc1. The fraction of sp³-hybridized carbons (Fsp3) is 0.308. The van der Waals surface area contributed by atoms with Crippen LogP contribution in [0.2, 0.25) is 5.02 Å². The molecule has 1 heterocycles. The quantitative estimate of drug-likeness (QED) is 0.446. The summed E-state index contributed by atoms with van der Waals surface area (Å²) in [4.78, 5) is 2.35. The predicted octanol–water partition coefficient (Wildman–Crippen LogP) is 5.77. The molecule has 0 amide bonds. The summed E-state index contributed by atoms with van der Waals surface area (Å²) >= 11 is 6.00. The lowest BCUT2D eigenvalue weighted by Crippen LogP contribution is -2.36. The molecule has 1 aliphatic rings. The molecule has 6 heteroatoms. The van der Waals surface area contributed by atoms with Crippen LogP contribution in [0.25, 0.3) is 0 Å². The molecule has 4 rings (SSSR count). The lowest BCUT2D eigenvalue weighted by atomic mass is 10.1. The Morgan fingerprint density at radius 3 is 2.41 bits per heavy atom. The number of hydrogen-bond acceptors (Lipinski definition) is 5. The van der Waals surface area contributed by atoms with Gasteiger partial charge in [0, 0.05) is 41.6 Å². The number of para-hydroxylation sites is 1. The van der Waals surface area contributed by atoms with Gasteiger partial charge in [-0.05, 0) is 55.0 Å². The molecule has 0 atom stereocenters. The predicted molar refractivity (Wildman–Crippen MR) is 130 cm³/mol. The average molecular weight is 453 g/mol. The molecule has 0 aromatic heterocycles. The van der Waals surface area contributed by atoms with Crippen molar-refractivity contribution in [1.82, 2.24) is 0 Å². The molecule has 0 radical (unpaired) electrons. The standard InChI is InChI=1S/C26H29ClN2O3/c1-2-31-25-5-3-4-21(26(25)32-19-20-6-8-22(27)9-7-20)18-28-23-10-12-24(13-11-23)29-14-16-30-17-15-29/h3-13,28H,2,14-19H2,1H3. The van der Waals surface area contributed by atoms with E-state index in [1.807, 2.05) is 43.3 Å². The third-order valence-corrected chi connectivity index (χ3v) is 5.64. The van der Waals surface area contributed by atoms with Crippen molar-refractivity contribution in [2.24, 2.45) is 0 Å². The van der Waals surface area contributed by atoms with E-state index >= 15 is 0 Å². The molecule has 0 unspecified atom stereocenters. The second kappa shape index (κ2) is 11.1. The first-order valence-electron chi connectivity index (χ1n) is 11.0. The first-order chi connectivity index (χ1) is 15.7. The van der Waals surface area contributed by atoms with Crippen LogP contribution in [-0.2, 0) is 17.9 Å². The van der Waals surface area contributed by atoms with E-state index in [0.717, 1.165) is 54.6 Å². The van der Waals surface area contributed by atoms with Gasteiger partial charge < -0.3 is 24.4 Å². The van der Waals surface area contributed by atoms with Crippen LogP contribution in [0.1, 0.15) is 18.1 Å². The number of ether oxygens (including phenoxy) is 3. The molecule has 5 nitrogen and oxygen atoms in total. The number of hydrogen-bond donors (Lipinski definition) is 1. The van der Waals surface area contributed by atoms with Crippen LogP contribution in [0.5, 0.6) is 11.5 Å². The fourth-order valence-corrected chi connectivity index (χ4v) is 3.80. The molecule has 1 saturated heterocycles. The van der Waals surface area contributed by atoms with Gasteiger partial charge in [0.25, 0.3) is 0 Å². The summed E-state index contributed by atoms with van der Waals surface area (Å²) in [5, 5.41) is 4.23. The molecule has 0 aliphatic carbocycles. The maximum Gasteiger partial charge on any atom is 0.166 e. The van der Waals surface area contributed by atoms with E-state index in [4.69, 9.17) is 25.8 Å². The number of benzene rings is 3. The highest BCUT2D eigenvalue weighted by Crippen LogP contribution is 2.33. The second-order valence-corrected chi connectivity index (χ2v) is 8.03. The number of halogens is 1. The van der Waals surface area contributed by atoms with Crippen molar-refractivity contribution in [3.05, 3.63) is 82.9 Å². The van der Waals surface area contributed by atoms with E-state index in [-0.39, 0.29) is 0 Å². The minimum Gasteiger partial charge on any atom is -0.490 e. The minimum atomic E-state index is 0.447. The van der Waals surface area contributed by atoms with E-state index in [0.29, 0.717) is 24.8 Å². The minimum absolute atomic E-state index is 0.447. The summed E-state index contributed by atoms with van der Waals surface area (Å²) in [6.45, 7) is 7.08. The Morgan fingerprint density at radius 2 is 1.69 bits per heavy atom. The summed E-state index contributed by atoms with van der Waals surface area (Å²) in [5.74, 6) is 1.52. The van der Waals surface area contributed by atoms with Crippen molar-refractivity contribution >= 4 is 23.0 Å². The Morgan fingerprint density at radius 1 is 0.938 bits per heavy atom. The molecule has 168 valence electrons. The molecule has 3 aromatic rings. The molecule has 32 heavy (non-hydrogen) atoms. The number of nitrogens with zero attached hydrogens (tertiary/aromatic N) is 1. The highest BCUT2D eigenvalue weighted by atomic mass is 35.5. The summed E-state index contributed by atoms with van der Waals surface area (Å²) < 4.78 is 17.5. The average Bonchev–Trinajstić information content (AvgIpc) is 2.84. The third-order valence-electron chi connectivity index (χ3n) is 5.38. The maximum atomic E-state index is 6.21. The normalized spacial score (nSPS) is 13.6. The van der Waals surface area contributed by atoms with Crippen molar-refractivity contribution in [1.29, 1.82) is 0 Å². The van der Waals surface area contributed by atoms with Crippen molar-refractivity contribution in [2.75, 3.05) is 43.1 Å². The summed E-state index contributed by atoms with van der Waals surface area (Å²) in [7, 11) is 0. The highest BCUT2D eigenvalue weighted by Gasteiger charge is 2.13. The van der Waals surface area contributed by atoms with Gasteiger partial charge in [-0.3, -0.25) is 0 Å². The van der Waals surface area contributed by atoms with Crippen LogP contribution >= 0.6 is 11.6 Å². The van der Waals surface area contributed by atoms with Gasteiger partial charge in [0.15, 0.2) is 11.5 Å². The van der Waals surface area contributed by atoms with Gasteiger partial charge in [0.05, 0.1) is 19.8 Å². The molecular weight excluding hydrogens is 424 g/mol. The zero-order valence-corrected chi connectivity index (χ0v) is 19.1. The van der Waals surface area contributed by atoms with E-state index < -0.39 is 0 Å². The first-order valence-corrected chi connectivity index (χ1v) is 11.4. The van der Waals surface area contributed by atoms with Gasteiger partial charge >= 0.3 is 0 Å². The monoisotopic (exact) mass is 452 g/mol. The number of morpholine rings is 1. The van der Waals surface area contributed by atoms with Gasteiger partial charge in [-0.1, -0.05) is 35.9 Å². The van der Waals surface area contributed by atoms with Crippen LogP contribution in [0, 0.1) is 0 Å². The second-order valence-electron chi connectivity index (χ2n) is 7.59. The molecular formula is C26H29ClN2O3. The summed E-state index contributed by atoms with van der Waals surface area (Å²) in [5.41, 5.74) is 4.39. The molecule has 0 bridgehead atoms. The Balaban J connectivity index is 1.44. The smallest absolute Gasteiger partial charge is 0.166 e. The van der Waals surface area contributed by atoms with Crippen LogP contribution in [0.4, 0.5) is 11.4 Å². The fourth-order valence-electron chi connectivity index (χ4n) is 3.68. The van der Waals surface area contributed by atoms with Crippen LogP contribution in [0.3, 0.4) is 0 Å². The van der Waals surface area contributed by atoms with Gasteiger partial charge in [0.1, 0.15) is 6.61 Å². The van der Waals surface area contributed by atoms with Crippen LogP contribution in [0.15, 0.2) is 66.7 Å². The molecule has 1 aliphatic heterocycles. The van der Waals surface area contributed by atoms with Crippen LogP contribution in [-0.4, -0.2) is 32.9 Å². The molecule has 3 aromatic carbocycles. The Labute approximate surface area is 194 Å². The number of nitrogens with one attached hydrogen (secondary N) is 1. The van der Waals surface area contributed by atoms with E-state index in [9.17, 15) is 0 Å². The van der Waals surface area contributed by atoms with Crippen molar-refractivity contribution in [3.63, 3.8) is 0 Å². The van der Waals surface area contributed by atoms with E-state index in [2.05, 4.69) is 40.5 Å². The van der Waals surface area contributed by atoms with Crippen molar-refractivity contribution in [3.8, 4) is 11.5 Å².